The summed E-state index contributed by atoms with van der Waals surface area (Å²) in [6.07, 6.45) is 5.01. The third-order valence-electron chi connectivity index (χ3n) is 4.18. The Kier molecular flexibility index (Phi) is 4.89. The van der Waals surface area contributed by atoms with Gasteiger partial charge in [-0.25, -0.2) is 0 Å². The SMILES string of the molecule is CC(=O)CCC(=O)C1CCC(c2ccccc2)CC1. The third kappa shape index (κ3) is 4.02. The summed E-state index contributed by atoms with van der Waals surface area (Å²) in [6.45, 7) is 1.56. The molecule has 0 atom stereocenters. The molecule has 0 saturated heterocycles. The molecule has 1 aliphatic carbocycles. The van der Waals surface area contributed by atoms with Crippen LogP contribution in [0.25, 0.3) is 0 Å². The van der Waals surface area contributed by atoms with Crippen molar-refractivity contribution >= 4 is 11.6 Å². The van der Waals surface area contributed by atoms with E-state index in [-0.39, 0.29) is 11.7 Å². The van der Waals surface area contributed by atoms with Gasteiger partial charge in [0.2, 0.25) is 0 Å². The largest absolute Gasteiger partial charge is 0.300 e. The van der Waals surface area contributed by atoms with Crippen LogP contribution in [-0.2, 0) is 9.59 Å². The van der Waals surface area contributed by atoms with E-state index >= 15 is 0 Å². The molecule has 102 valence electrons. The van der Waals surface area contributed by atoms with Crippen molar-refractivity contribution in [3.05, 3.63) is 35.9 Å². The standard InChI is InChI=1S/C17H22O2/c1-13(18)7-12-17(19)16-10-8-15(9-11-16)14-5-3-2-4-6-14/h2-6,15-16H,7-12H2,1H3. The lowest BCUT2D eigenvalue weighted by atomic mass is 9.76. The zero-order chi connectivity index (χ0) is 13.7. The monoisotopic (exact) mass is 258 g/mol. The van der Waals surface area contributed by atoms with E-state index in [9.17, 15) is 9.59 Å². The second kappa shape index (κ2) is 6.65. The van der Waals surface area contributed by atoms with E-state index in [2.05, 4.69) is 24.3 Å². The van der Waals surface area contributed by atoms with E-state index in [1.807, 2.05) is 6.07 Å². The van der Waals surface area contributed by atoms with Crippen LogP contribution in [0.5, 0.6) is 0 Å². The predicted octanol–water partition coefficient (Wildman–Crippen LogP) is 3.90. The van der Waals surface area contributed by atoms with Gasteiger partial charge in [0.05, 0.1) is 0 Å². The molecule has 0 bridgehead atoms. The summed E-state index contributed by atoms with van der Waals surface area (Å²) in [5.74, 6) is 1.21. The molecule has 0 radical (unpaired) electrons. The maximum absolute atomic E-state index is 12.0. The molecule has 1 aromatic carbocycles. The van der Waals surface area contributed by atoms with Gasteiger partial charge in [0.15, 0.2) is 0 Å². The molecule has 2 nitrogen and oxygen atoms in total. The fourth-order valence-electron chi connectivity index (χ4n) is 2.98. The molecule has 0 aliphatic heterocycles. The first kappa shape index (κ1) is 14.0. The average Bonchev–Trinajstić information content (AvgIpc) is 2.46. The summed E-state index contributed by atoms with van der Waals surface area (Å²) in [7, 11) is 0. The zero-order valence-corrected chi connectivity index (χ0v) is 11.6. The smallest absolute Gasteiger partial charge is 0.136 e. The van der Waals surface area contributed by atoms with Crippen molar-refractivity contribution in [1.29, 1.82) is 0 Å². The van der Waals surface area contributed by atoms with Gasteiger partial charge in [0.25, 0.3) is 0 Å². The highest BCUT2D eigenvalue weighted by Crippen LogP contribution is 2.36. The second-order valence-electron chi connectivity index (χ2n) is 5.63. The number of carbonyl (C=O) groups excluding carboxylic acids is 2. The molecule has 0 unspecified atom stereocenters. The average molecular weight is 258 g/mol. The van der Waals surface area contributed by atoms with Crippen molar-refractivity contribution in [2.45, 2.75) is 51.4 Å². The van der Waals surface area contributed by atoms with Crippen molar-refractivity contribution in [2.24, 2.45) is 5.92 Å². The van der Waals surface area contributed by atoms with Gasteiger partial charge in [0.1, 0.15) is 11.6 Å². The minimum atomic E-state index is 0.117. The molecular weight excluding hydrogens is 236 g/mol. The van der Waals surface area contributed by atoms with Gasteiger partial charge in [-0.1, -0.05) is 30.3 Å². The molecule has 1 saturated carbocycles. The normalized spacial score (nSPS) is 23.0. The first-order chi connectivity index (χ1) is 9.16. The van der Waals surface area contributed by atoms with Crippen LogP contribution in [0.1, 0.15) is 56.9 Å². The van der Waals surface area contributed by atoms with Crippen LogP contribution >= 0.6 is 0 Å². The van der Waals surface area contributed by atoms with Gasteiger partial charge in [0, 0.05) is 18.8 Å². The van der Waals surface area contributed by atoms with E-state index in [0.29, 0.717) is 24.5 Å². The molecule has 0 N–H and O–H groups in total. The fourth-order valence-corrected chi connectivity index (χ4v) is 2.98. The van der Waals surface area contributed by atoms with E-state index in [0.717, 1.165) is 25.7 Å². The Balaban J connectivity index is 1.82. The van der Waals surface area contributed by atoms with Gasteiger partial charge in [-0.3, -0.25) is 4.79 Å². The maximum Gasteiger partial charge on any atom is 0.136 e. The zero-order valence-electron chi connectivity index (χ0n) is 11.6. The van der Waals surface area contributed by atoms with E-state index < -0.39 is 0 Å². The molecule has 1 fully saturated rings. The van der Waals surface area contributed by atoms with Gasteiger partial charge < -0.3 is 4.79 Å². The molecule has 1 aromatic rings. The van der Waals surface area contributed by atoms with Crippen LogP contribution in [0, 0.1) is 5.92 Å². The number of rotatable bonds is 5. The Hall–Kier alpha value is -1.44. The molecule has 2 rings (SSSR count). The van der Waals surface area contributed by atoms with Crippen molar-refractivity contribution in [2.75, 3.05) is 0 Å². The van der Waals surface area contributed by atoms with Crippen LogP contribution < -0.4 is 0 Å². The van der Waals surface area contributed by atoms with Crippen LogP contribution in [0.2, 0.25) is 0 Å². The summed E-state index contributed by atoms with van der Waals surface area (Å²) in [4.78, 5) is 22.9. The highest BCUT2D eigenvalue weighted by atomic mass is 16.1. The molecule has 0 heterocycles. The van der Waals surface area contributed by atoms with Gasteiger partial charge >= 0.3 is 0 Å². The first-order valence-corrected chi connectivity index (χ1v) is 7.24. The summed E-state index contributed by atoms with van der Waals surface area (Å²) >= 11 is 0. The predicted molar refractivity (Wildman–Crippen MR) is 76.1 cm³/mol. The molecule has 2 heteroatoms. The van der Waals surface area contributed by atoms with Gasteiger partial charge in [-0.05, 0) is 44.1 Å². The maximum atomic E-state index is 12.0. The third-order valence-corrected chi connectivity index (χ3v) is 4.18. The lowest BCUT2D eigenvalue weighted by molar-refractivity contribution is -0.126. The summed E-state index contributed by atoms with van der Waals surface area (Å²) in [5.41, 5.74) is 1.40. The van der Waals surface area contributed by atoms with Crippen LogP contribution in [0.15, 0.2) is 30.3 Å². The van der Waals surface area contributed by atoms with Crippen LogP contribution in [0.3, 0.4) is 0 Å². The quantitative estimate of drug-likeness (QED) is 0.802. The lowest BCUT2D eigenvalue weighted by Crippen LogP contribution is -2.21. The Morgan fingerprint density at radius 3 is 2.21 bits per heavy atom. The summed E-state index contributed by atoms with van der Waals surface area (Å²) in [5, 5.41) is 0. The molecule has 0 spiro atoms. The van der Waals surface area contributed by atoms with Crippen LogP contribution in [-0.4, -0.2) is 11.6 Å². The second-order valence-corrected chi connectivity index (χ2v) is 5.63. The van der Waals surface area contributed by atoms with E-state index in [4.69, 9.17) is 0 Å². The number of Topliss-reactive ketones (excluding diaryl/α,β-unsaturated/α-hetero) is 2. The Morgan fingerprint density at radius 2 is 1.63 bits per heavy atom. The summed E-state index contributed by atoms with van der Waals surface area (Å²) in [6, 6.07) is 10.6. The Labute approximate surface area is 115 Å². The van der Waals surface area contributed by atoms with Crippen molar-refractivity contribution in [1.82, 2.24) is 0 Å². The molecule has 0 aromatic heterocycles. The van der Waals surface area contributed by atoms with Gasteiger partial charge in [-0.2, -0.15) is 0 Å². The van der Waals surface area contributed by atoms with Crippen molar-refractivity contribution in [3.8, 4) is 0 Å². The molecule has 0 amide bonds. The van der Waals surface area contributed by atoms with Crippen molar-refractivity contribution < 1.29 is 9.59 Å². The minimum absolute atomic E-state index is 0.117. The lowest BCUT2D eigenvalue weighted by Gasteiger charge is -2.28. The topological polar surface area (TPSA) is 34.1 Å². The van der Waals surface area contributed by atoms with E-state index in [1.54, 1.807) is 6.92 Å². The number of hydrogen-bond acceptors (Lipinski definition) is 2. The van der Waals surface area contributed by atoms with Gasteiger partial charge in [-0.15, -0.1) is 0 Å². The van der Waals surface area contributed by atoms with Crippen LogP contribution in [0.4, 0.5) is 0 Å². The fraction of sp³-hybridized carbons (Fsp3) is 0.529. The molecule has 19 heavy (non-hydrogen) atoms. The highest BCUT2D eigenvalue weighted by Gasteiger charge is 2.26. The highest BCUT2D eigenvalue weighted by molar-refractivity contribution is 5.86. The Morgan fingerprint density at radius 1 is 1.00 bits per heavy atom. The molecular formula is C17H22O2. The molecule has 1 aliphatic rings. The van der Waals surface area contributed by atoms with E-state index in [1.165, 1.54) is 5.56 Å². The number of benzene rings is 1. The first-order valence-electron chi connectivity index (χ1n) is 7.24. The minimum Gasteiger partial charge on any atom is -0.300 e. The summed E-state index contributed by atoms with van der Waals surface area (Å²) < 4.78 is 0. The Bertz CT molecular complexity index is 428. The number of hydrogen-bond donors (Lipinski definition) is 0. The number of ketones is 2. The number of carbonyl (C=O) groups is 2. The van der Waals surface area contributed by atoms with Crippen molar-refractivity contribution in [3.63, 3.8) is 0 Å².